The van der Waals surface area contributed by atoms with Crippen molar-refractivity contribution in [2.75, 3.05) is 0 Å². The molecule has 3 aromatic rings. The third kappa shape index (κ3) is 5.64. The van der Waals surface area contributed by atoms with Crippen LogP contribution in [0.25, 0.3) is 0 Å². The second-order valence-electron chi connectivity index (χ2n) is 6.46. The number of ether oxygens (including phenoxy) is 2. The van der Waals surface area contributed by atoms with Crippen molar-refractivity contribution in [1.29, 1.82) is 0 Å². The van der Waals surface area contributed by atoms with E-state index in [9.17, 15) is 14.4 Å². The summed E-state index contributed by atoms with van der Waals surface area (Å²) in [5, 5.41) is 0. The van der Waals surface area contributed by atoms with Gasteiger partial charge in [-0.25, -0.2) is 0 Å². The lowest BCUT2D eigenvalue weighted by molar-refractivity contribution is -0.160. The Hall–Kier alpha value is -3.25. The van der Waals surface area contributed by atoms with E-state index in [1.54, 1.807) is 66.7 Å². The predicted octanol–water partition coefficient (Wildman–Crippen LogP) is 4.73. The van der Waals surface area contributed by atoms with Gasteiger partial charge in [-0.3, -0.25) is 14.4 Å². The van der Waals surface area contributed by atoms with Gasteiger partial charge in [0.15, 0.2) is 5.78 Å². The number of rotatable bonds is 8. The number of hydrogen-bond donors (Lipinski definition) is 0. The lowest BCUT2D eigenvalue weighted by atomic mass is 9.97. The van der Waals surface area contributed by atoms with E-state index in [2.05, 4.69) is 15.9 Å². The maximum absolute atomic E-state index is 13.0. The van der Waals surface area contributed by atoms with Crippen LogP contribution in [0, 0.1) is 5.92 Å². The van der Waals surface area contributed by atoms with E-state index in [0.29, 0.717) is 4.47 Å². The Balaban J connectivity index is 1.78. The average molecular weight is 467 g/mol. The number of halogens is 1. The van der Waals surface area contributed by atoms with Crippen molar-refractivity contribution >= 4 is 33.7 Å². The summed E-state index contributed by atoms with van der Waals surface area (Å²) in [7, 11) is 0. The van der Waals surface area contributed by atoms with Gasteiger partial charge in [0.25, 0.3) is 0 Å². The van der Waals surface area contributed by atoms with Crippen LogP contribution in [-0.2, 0) is 32.3 Å². The van der Waals surface area contributed by atoms with Crippen LogP contribution in [0.5, 0.6) is 0 Å². The van der Waals surface area contributed by atoms with E-state index in [1.165, 1.54) is 6.07 Å². The minimum absolute atomic E-state index is 0.0502. The molecule has 0 amide bonds. The largest absolute Gasteiger partial charge is 0.460 e. The first-order valence-corrected chi connectivity index (χ1v) is 10.1. The van der Waals surface area contributed by atoms with Gasteiger partial charge < -0.3 is 9.47 Å². The highest BCUT2D eigenvalue weighted by Crippen LogP contribution is 2.22. The van der Waals surface area contributed by atoms with Crippen molar-refractivity contribution in [3.8, 4) is 0 Å². The van der Waals surface area contributed by atoms with Crippen molar-refractivity contribution in [2.24, 2.45) is 5.92 Å². The Morgan fingerprint density at radius 3 is 1.57 bits per heavy atom. The molecular formula is C24H19BrO5. The molecule has 0 fully saturated rings. The first kappa shape index (κ1) is 21.5. The topological polar surface area (TPSA) is 69.7 Å². The molecule has 6 heteroatoms. The van der Waals surface area contributed by atoms with E-state index in [4.69, 9.17) is 9.47 Å². The maximum atomic E-state index is 13.0. The maximum Gasteiger partial charge on any atom is 0.328 e. The predicted molar refractivity (Wildman–Crippen MR) is 114 cm³/mol. The van der Waals surface area contributed by atoms with Crippen LogP contribution < -0.4 is 0 Å². The van der Waals surface area contributed by atoms with E-state index >= 15 is 0 Å². The van der Waals surface area contributed by atoms with Crippen molar-refractivity contribution in [1.82, 2.24) is 0 Å². The SMILES string of the molecule is O=C(OCc1ccccc1)C(C(=O)OCc1ccccc1)C(=O)c1ccccc1Br. The molecule has 0 bridgehead atoms. The van der Waals surface area contributed by atoms with Gasteiger partial charge in [0.2, 0.25) is 5.92 Å². The van der Waals surface area contributed by atoms with Crippen molar-refractivity contribution in [3.05, 3.63) is 106 Å². The van der Waals surface area contributed by atoms with Gasteiger partial charge in [0.05, 0.1) is 0 Å². The molecule has 0 heterocycles. The van der Waals surface area contributed by atoms with E-state index < -0.39 is 23.6 Å². The number of carbonyl (C=O) groups excluding carboxylic acids is 3. The van der Waals surface area contributed by atoms with Gasteiger partial charge >= 0.3 is 11.9 Å². The fourth-order valence-electron chi connectivity index (χ4n) is 2.75. The zero-order valence-electron chi connectivity index (χ0n) is 16.0. The summed E-state index contributed by atoms with van der Waals surface area (Å²) in [5.41, 5.74) is 1.70. The Morgan fingerprint density at radius 2 is 1.10 bits per heavy atom. The van der Waals surface area contributed by atoms with Crippen LogP contribution in [0.15, 0.2) is 89.4 Å². The quantitative estimate of drug-likeness (QED) is 0.272. The Morgan fingerprint density at radius 1 is 0.667 bits per heavy atom. The Bertz CT molecular complexity index is 963. The zero-order valence-corrected chi connectivity index (χ0v) is 17.6. The molecule has 0 aliphatic carbocycles. The highest BCUT2D eigenvalue weighted by atomic mass is 79.9. The number of ketones is 1. The van der Waals surface area contributed by atoms with Gasteiger partial charge in [-0.1, -0.05) is 94.8 Å². The molecule has 0 aliphatic heterocycles. The molecule has 0 saturated heterocycles. The fraction of sp³-hybridized carbons (Fsp3) is 0.125. The van der Waals surface area contributed by atoms with Crippen LogP contribution in [0.2, 0.25) is 0 Å². The molecule has 0 aliphatic rings. The number of Topliss-reactive ketones (excluding diaryl/α,β-unsaturated/α-hetero) is 1. The zero-order chi connectivity index (χ0) is 21.3. The van der Waals surface area contributed by atoms with Crippen molar-refractivity contribution in [2.45, 2.75) is 13.2 Å². The summed E-state index contributed by atoms with van der Waals surface area (Å²) < 4.78 is 11.0. The van der Waals surface area contributed by atoms with E-state index in [-0.39, 0.29) is 18.8 Å². The minimum atomic E-state index is -1.71. The second-order valence-corrected chi connectivity index (χ2v) is 7.32. The lowest BCUT2D eigenvalue weighted by Crippen LogP contribution is -2.35. The first-order chi connectivity index (χ1) is 14.6. The van der Waals surface area contributed by atoms with Crippen LogP contribution in [0.3, 0.4) is 0 Å². The number of hydrogen-bond acceptors (Lipinski definition) is 5. The number of esters is 2. The number of carbonyl (C=O) groups is 3. The minimum Gasteiger partial charge on any atom is -0.460 e. The van der Waals surface area contributed by atoms with Crippen molar-refractivity contribution < 1.29 is 23.9 Å². The normalized spacial score (nSPS) is 10.5. The Kier molecular flexibility index (Phi) is 7.51. The molecule has 3 aromatic carbocycles. The molecule has 3 rings (SSSR count). The molecule has 0 saturated carbocycles. The monoisotopic (exact) mass is 466 g/mol. The van der Waals surface area contributed by atoms with Crippen LogP contribution in [-0.4, -0.2) is 17.7 Å². The molecule has 0 atom stereocenters. The summed E-state index contributed by atoms with van der Waals surface area (Å²) in [4.78, 5) is 38.5. The third-order valence-electron chi connectivity index (χ3n) is 4.32. The van der Waals surface area contributed by atoms with E-state index in [0.717, 1.165) is 11.1 Å². The van der Waals surface area contributed by atoms with Gasteiger partial charge in [-0.05, 0) is 17.2 Å². The van der Waals surface area contributed by atoms with Gasteiger partial charge in [0, 0.05) is 10.0 Å². The van der Waals surface area contributed by atoms with Crippen LogP contribution >= 0.6 is 15.9 Å². The summed E-state index contributed by atoms with van der Waals surface area (Å²) in [5.74, 6) is -4.29. The fourth-order valence-corrected chi connectivity index (χ4v) is 3.23. The highest BCUT2D eigenvalue weighted by molar-refractivity contribution is 9.10. The molecule has 0 spiro atoms. The van der Waals surface area contributed by atoms with E-state index in [1.807, 2.05) is 12.1 Å². The summed E-state index contributed by atoms with van der Waals surface area (Å²) in [6, 6.07) is 24.6. The summed E-state index contributed by atoms with van der Waals surface area (Å²) >= 11 is 3.29. The number of benzene rings is 3. The average Bonchev–Trinajstić information content (AvgIpc) is 2.78. The van der Waals surface area contributed by atoms with Crippen LogP contribution in [0.1, 0.15) is 21.5 Å². The third-order valence-corrected chi connectivity index (χ3v) is 5.01. The summed E-state index contributed by atoms with van der Waals surface area (Å²) in [6.07, 6.45) is 0. The van der Waals surface area contributed by atoms with Gasteiger partial charge in [-0.15, -0.1) is 0 Å². The summed E-state index contributed by atoms with van der Waals surface area (Å²) in [6.45, 7) is -0.100. The van der Waals surface area contributed by atoms with Gasteiger partial charge in [-0.2, -0.15) is 0 Å². The molecular weight excluding hydrogens is 448 g/mol. The van der Waals surface area contributed by atoms with Crippen LogP contribution in [0.4, 0.5) is 0 Å². The van der Waals surface area contributed by atoms with Gasteiger partial charge in [0.1, 0.15) is 13.2 Å². The molecule has 5 nitrogen and oxygen atoms in total. The lowest BCUT2D eigenvalue weighted by Gasteiger charge is -2.15. The molecule has 0 aromatic heterocycles. The standard InChI is InChI=1S/C24H19BrO5/c25-20-14-8-7-13-19(20)22(26)21(23(27)29-15-17-9-3-1-4-10-17)24(28)30-16-18-11-5-2-6-12-18/h1-14,21H,15-16H2. The highest BCUT2D eigenvalue weighted by Gasteiger charge is 2.38. The smallest absolute Gasteiger partial charge is 0.328 e. The molecule has 0 N–H and O–H groups in total. The first-order valence-electron chi connectivity index (χ1n) is 9.26. The molecule has 0 unspecified atom stereocenters. The Labute approximate surface area is 182 Å². The molecule has 0 radical (unpaired) electrons. The second kappa shape index (κ2) is 10.5. The molecule has 152 valence electrons. The molecule has 30 heavy (non-hydrogen) atoms. The van der Waals surface area contributed by atoms with Crippen molar-refractivity contribution in [3.63, 3.8) is 0 Å².